The van der Waals surface area contributed by atoms with E-state index >= 15 is 0 Å². The van der Waals surface area contributed by atoms with Crippen molar-refractivity contribution in [1.29, 1.82) is 0 Å². The van der Waals surface area contributed by atoms with E-state index in [9.17, 15) is 30.6 Å². The van der Waals surface area contributed by atoms with E-state index in [0.717, 1.165) is 55.6 Å². The zero-order valence-electron chi connectivity index (χ0n) is 36.3. The number of nitrogen functional groups attached to an aromatic ring is 2. The van der Waals surface area contributed by atoms with E-state index in [4.69, 9.17) is 20.9 Å². The second kappa shape index (κ2) is 18.6. The maximum Gasteiger partial charge on any atom is 0.138 e. The lowest BCUT2D eigenvalue weighted by Crippen LogP contribution is -2.29. The van der Waals surface area contributed by atoms with Crippen molar-refractivity contribution < 1.29 is 40.1 Å². The quantitative estimate of drug-likeness (QED) is 0.0325. The van der Waals surface area contributed by atoms with Crippen LogP contribution >= 0.6 is 0 Å². The number of phenolic OH excluding ortho intramolecular Hbond substituents is 4. The van der Waals surface area contributed by atoms with Crippen molar-refractivity contribution in [2.45, 2.75) is 17.6 Å². The van der Waals surface area contributed by atoms with Crippen LogP contribution < -0.4 is 31.6 Å². The van der Waals surface area contributed by atoms with Gasteiger partial charge in [0.15, 0.2) is 0 Å². The molecule has 0 spiro atoms. The van der Waals surface area contributed by atoms with Crippen molar-refractivity contribution in [3.63, 3.8) is 0 Å². The highest BCUT2D eigenvalue weighted by molar-refractivity contribution is 5.86. The zero-order chi connectivity index (χ0) is 46.7. The highest BCUT2D eigenvalue weighted by atomic mass is 16.5. The van der Waals surface area contributed by atoms with E-state index in [1.807, 2.05) is 36.4 Å². The lowest BCUT2D eigenvalue weighted by atomic mass is 9.68. The maximum absolute atomic E-state index is 10.9. The second-order valence-electron chi connectivity index (χ2n) is 16.6. The van der Waals surface area contributed by atoms with Crippen LogP contribution in [-0.4, -0.2) is 69.2 Å². The molecule has 0 saturated heterocycles. The van der Waals surface area contributed by atoms with Crippen molar-refractivity contribution in [1.82, 2.24) is 0 Å². The molecular weight excluding hydrogens is 845 g/mol. The fourth-order valence-electron chi connectivity index (χ4n) is 8.77. The van der Waals surface area contributed by atoms with Gasteiger partial charge in [0.25, 0.3) is 0 Å². The van der Waals surface area contributed by atoms with Gasteiger partial charge in [0, 0.05) is 13.1 Å². The predicted molar refractivity (Wildman–Crippen MR) is 263 cm³/mol. The molecule has 0 aliphatic heterocycles. The number of ether oxygens (including phenoxy) is 2. The fraction of sp³-hybridized carbons (Fsp3) is 0.127. The van der Waals surface area contributed by atoms with Gasteiger partial charge in [-0.3, -0.25) is 0 Å². The minimum Gasteiger partial charge on any atom is -0.506 e. The van der Waals surface area contributed by atoms with Crippen LogP contribution in [0.15, 0.2) is 170 Å². The third-order valence-corrected chi connectivity index (χ3v) is 12.2. The van der Waals surface area contributed by atoms with Gasteiger partial charge in [-0.2, -0.15) is 0 Å². The van der Waals surface area contributed by atoms with Crippen LogP contribution in [0, 0.1) is 0 Å². The predicted octanol–water partition coefficient (Wildman–Crippen LogP) is 9.07. The Morgan fingerprint density at radius 3 is 1.18 bits per heavy atom. The Balaban J connectivity index is 0.880. The van der Waals surface area contributed by atoms with Gasteiger partial charge in [0.1, 0.15) is 59.9 Å². The van der Waals surface area contributed by atoms with E-state index in [-0.39, 0.29) is 60.7 Å². The normalized spacial score (nSPS) is 13.2. The van der Waals surface area contributed by atoms with Crippen LogP contribution in [0.25, 0.3) is 33.4 Å². The van der Waals surface area contributed by atoms with Crippen LogP contribution in [0.3, 0.4) is 0 Å². The maximum atomic E-state index is 10.9. The standard InChI is InChI=1S/C55H50N4O8/c56-47-25-33(9-21-51(47)62)35-11-23-53(64)49(27-35)58-29-39(60)31-66-41-17-13-37(14-18-41)55(45-7-3-1-5-43(45)44-6-2-4-8-46(44)55)38-15-19-42(20-16-38)67-32-40(61)30-59-50-28-36(12-24-54(50)65)34-10-22-52(63)48(57)26-34/h1-28,39-40,58-65H,29-32,56-57H2. The molecule has 0 aromatic heterocycles. The van der Waals surface area contributed by atoms with E-state index in [2.05, 4.69) is 71.3 Å². The van der Waals surface area contributed by atoms with Gasteiger partial charge in [-0.1, -0.05) is 97.1 Å². The molecule has 1 aliphatic carbocycles. The summed E-state index contributed by atoms with van der Waals surface area (Å²) in [5.41, 5.74) is 22.1. The van der Waals surface area contributed by atoms with Crippen molar-refractivity contribution in [3.8, 4) is 67.9 Å². The average molecular weight is 895 g/mol. The van der Waals surface area contributed by atoms with Gasteiger partial charge in [-0.05, 0) is 128 Å². The van der Waals surface area contributed by atoms with Crippen molar-refractivity contribution in [3.05, 3.63) is 192 Å². The molecule has 8 aromatic carbocycles. The first-order valence-electron chi connectivity index (χ1n) is 21.8. The number of fused-ring (bicyclic) bond motifs is 3. The van der Waals surface area contributed by atoms with E-state index < -0.39 is 17.6 Å². The van der Waals surface area contributed by atoms with Crippen LogP contribution in [0.2, 0.25) is 0 Å². The molecule has 8 aromatic rings. The number of aliphatic hydroxyl groups is 2. The van der Waals surface area contributed by atoms with Gasteiger partial charge in [0.2, 0.25) is 0 Å². The summed E-state index contributed by atoms with van der Waals surface area (Å²) in [7, 11) is 0. The van der Waals surface area contributed by atoms with Crippen molar-refractivity contribution in [2.75, 3.05) is 48.4 Å². The number of hydrogen-bond acceptors (Lipinski definition) is 12. The molecule has 12 heteroatoms. The van der Waals surface area contributed by atoms with E-state index in [1.165, 1.54) is 12.1 Å². The number of phenols is 4. The number of aliphatic hydroxyl groups excluding tert-OH is 2. The first-order valence-corrected chi connectivity index (χ1v) is 21.8. The van der Waals surface area contributed by atoms with Gasteiger partial charge in [-0.15, -0.1) is 0 Å². The molecule has 12 N–H and O–H groups in total. The van der Waals surface area contributed by atoms with Gasteiger partial charge >= 0.3 is 0 Å². The molecule has 1 aliphatic rings. The molecule has 0 radical (unpaired) electrons. The van der Waals surface area contributed by atoms with Crippen LogP contribution in [-0.2, 0) is 5.41 Å². The molecule has 2 unspecified atom stereocenters. The zero-order valence-corrected chi connectivity index (χ0v) is 36.3. The summed E-state index contributed by atoms with van der Waals surface area (Å²) < 4.78 is 12.2. The Kier molecular flexibility index (Phi) is 12.2. The summed E-state index contributed by atoms with van der Waals surface area (Å²) in [6.45, 7) is 0.211. The number of hydrogen-bond donors (Lipinski definition) is 10. The lowest BCUT2D eigenvalue weighted by Gasteiger charge is -2.34. The first-order chi connectivity index (χ1) is 32.5. The molecule has 0 fully saturated rings. The largest absolute Gasteiger partial charge is 0.506 e. The highest BCUT2D eigenvalue weighted by Crippen LogP contribution is 2.56. The van der Waals surface area contributed by atoms with Crippen molar-refractivity contribution in [2.24, 2.45) is 0 Å². The van der Waals surface area contributed by atoms with Crippen LogP contribution in [0.1, 0.15) is 22.3 Å². The van der Waals surface area contributed by atoms with E-state index in [1.54, 1.807) is 60.7 Å². The van der Waals surface area contributed by atoms with Crippen molar-refractivity contribution >= 4 is 22.7 Å². The topological polar surface area (TPSA) is 216 Å². The number of aromatic hydroxyl groups is 4. The molecule has 338 valence electrons. The molecule has 2 atom stereocenters. The van der Waals surface area contributed by atoms with Crippen LogP contribution in [0.4, 0.5) is 22.7 Å². The third kappa shape index (κ3) is 8.91. The molecule has 12 nitrogen and oxygen atoms in total. The Morgan fingerprint density at radius 2 is 0.791 bits per heavy atom. The summed E-state index contributed by atoms with van der Waals surface area (Å²) in [4.78, 5) is 0. The molecule has 0 saturated carbocycles. The first kappa shape index (κ1) is 43.9. The highest BCUT2D eigenvalue weighted by Gasteiger charge is 2.45. The van der Waals surface area contributed by atoms with E-state index in [0.29, 0.717) is 22.9 Å². The molecule has 9 rings (SSSR count). The number of anilines is 4. The Morgan fingerprint density at radius 1 is 0.433 bits per heavy atom. The number of nitrogens with two attached hydrogens (primary N) is 2. The smallest absolute Gasteiger partial charge is 0.138 e. The molecule has 0 bridgehead atoms. The number of benzene rings is 8. The number of nitrogens with one attached hydrogen (secondary N) is 2. The number of rotatable bonds is 16. The minimum absolute atomic E-state index is 0.00304. The Bertz CT molecular complexity index is 2840. The molecule has 0 heterocycles. The molecular formula is C55H50N4O8. The van der Waals surface area contributed by atoms with Crippen LogP contribution in [0.5, 0.6) is 34.5 Å². The third-order valence-electron chi connectivity index (χ3n) is 12.2. The lowest BCUT2D eigenvalue weighted by molar-refractivity contribution is 0.117. The second-order valence-corrected chi connectivity index (χ2v) is 16.6. The summed E-state index contributed by atoms with van der Waals surface area (Å²) in [6.07, 6.45) is -1.82. The Hall–Kier alpha value is -8.32. The minimum atomic E-state index is -0.909. The van der Waals surface area contributed by atoms with Gasteiger partial charge in [-0.25, -0.2) is 0 Å². The fourth-order valence-corrected chi connectivity index (χ4v) is 8.77. The SMILES string of the molecule is Nc1cc(-c2ccc(O)c(NCC(O)COc3ccc(C4(c5ccc(OCC(O)CNc6cc(-c7ccc(O)c(N)c7)ccc6O)cc5)c5ccccc5-c5ccccc54)cc3)c2)ccc1O. The van der Waals surface area contributed by atoms with Gasteiger partial charge < -0.3 is 62.2 Å². The molecule has 0 amide bonds. The summed E-state index contributed by atoms with van der Waals surface area (Å²) in [5.74, 6) is 1.19. The summed E-state index contributed by atoms with van der Waals surface area (Å²) >= 11 is 0. The van der Waals surface area contributed by atoms with Gasteiger partial charge in [0.05, 0.1) is 28.2 Å². The average Bonchev–Trinajstić information content (AvgIpc) is 3.65. The Labute approximate surface area is 387 Å². The molecule has 67 heavy (non-hydrogen) atoms. The summed E-state index contributed by atoms with van der Waals surface area (Å²) in [6, 6.07) is 52.6. The monoisotopic (exact) mass is 894 g/mol. The summed E-state index contributed by atoms with van der Waals surface area (Å²) in [5, 5.41) is 68.8.